The van der Waals surface area contributed by atoms with Crippen molar-refractivity contribution in [2.24, 2.45) is 0 Å². The first-order valence-corrected chi connectivity index (χ1v) is 13.2. The second kappa shape index (κ2) is 10.6. The molecule has 0 saturated carbocycles. The highest BCUT2D eigenvalue weighted by Crippen LogP contribution is 2.42. The van der Waals surface area contributed by atoms with Crippen LogP contribution in [0.2, 0.25) is 0 Å². The van der Waals surface area contributed by atoms with E-state index in [0.29, 0.717) is 22.6 Å². The van der Waals surface area contributed by atoms with Crippen LogP contribution in [0.4, 0.5) is 5.69 Å². The number of hydrogen-bond donors (Lipinski definition) is 1. The maximum atomic E-state index is 13.4. The molecule has 39 heavy (non-hydrogen) atoms. The normalized spacial score (nSPS) is 15.9. The maximum absolute atomic E-state index is 13.4. The molecule has 1 aliphatic rings. The van der Waals surface area contributed by atoms with Crippen LogP contribution in [0.1, 0.15) is 103 Å². The zero-order chi connectivity index (χ0) is 28.5. The molecule has 4 rings (SSSR count). The van der Waals surface area contributed by atoms with E-state index in [9.17, 15) is 14.9 Å². The number of aryl methyl sites for hydroxylation is 1. The standard InChI is InChI=1S/C33H36N2O4/c1-20-15-25(21(2)35-27-14-9-8-13-24(27)31(37)39-32(3,4)5)30-26(16-20)28(36)18-29(38-30)22-11-10-12-23(17-22)33(6,7)19-34/h8-17,21,29,35H,18H2,1-7H3. The number of para-hydroxylation sites is 1. The van der Waals surface area contributed by atoms with Crippen LogP contribution in [0.5, 0.6) is 5.75 Å². The molecule has 0 spiro atoms. The molecule has 0 saturated heterocycles. The molecule has 202 valence electrons. The number of esters is 1. The highest BCUT2D eigenvalue weighted by Gasteiger charge is 2.32. The Bertz CT molecular complexity index is 1460. The van der Waals surface area contributed by atoms with E-state index in [1.165, 1.54) is 0 Å². The monoisotopic (exact) mass is 524 g/mol. The SMILES string of the molecule is Cc1cc2c(c(C(C)Nc3ccccc3C(=O)OC(C)(C)C)c1)OC(c1cccc(C(C)(C)C#N)c1)CC2=O. The third kappa shape index (κ3) is 6.15. The van der Waals surface area contributed by atoms with E-state index < -0.39 is 23.1 Å². The minimum Gasteiger partial charge on any atom is -0.484 e. The van der Waals surface area contributed by atoms with Gasteiger partial charge in [-0.15, -0.1) is 0 Å². The number of anilines is 1. The van der Waals surface area contributed by atoms with E-state index in [1.54, 1.807) is 12.1 Å². The maximum Gasteiger partial charge on any atom is 0.340 e. The Morgan fingerprint density at radius 2 is 1.79 bits per heavy atom. The van der Waals surface area contributed by atoms with Gasteiger partial charge in [-0.3, -0.25) is 4.79 Å². The number of carbonyl (C=O) groups excluding carboxylic acids is 2. The van der Waals surface area contributed by atoms with Gasteiger partial charge in [-0.25, -0.2) is 4.79 Å². The molecule has 0 fully saturated rings. The third-order valence-electron chi connectivity index (χ3n) is 6.84. The van der Waals surface area contributed by atoms with Gasteiger partial charge in [0.05, 0.1) is 35.1 Å². The predicted molar refractivity (Wildman–Crippen MR) is 152 cm³/mol. The lowest BCUT2D eigenvalue weighted by Gasteiger charge is -2.30. The molecule has 3 aromatic rings. The number of ether oxygens (including phenoxy) is 2. The summed E-state index contributed by atoms with van der Waals surface area (Å²) >= 11 is 0. The molecule has 0 aliphatic carbocycles. The van der Waals surface area contributed by atoms with Gasteiger partial charge in [-0.05, 0) is 83.4 Å². The number of nitrogens with one attached hydrogen (secondary N) is 1. The molecule has 2 unspecified atom stereocenters. The van der Waals surface area contributed by atoms with Gasteiger partial charge in [0.2, 0.25) is 0 Å². The lowest BCUT2D eigenvalue weighted by molar-refractivity contribution is 0.00705. The molecule has 0 aromatic heterocycles. The van der Waals surface area contributed by atoms with Crippen LogP contribution in [-0.4, -0.2) is 17.4 Å². The Kier molecular flexibility index (Phi) is 7.57. The largest absolute Gasteiger partial charge is 0.484 e. The quantitative estimate of drug-likeness (QED) is 0.334. The number of fused-ring (bicyclic) bond motifs is 1. The molecular formula is C33H36N2O4. The number of rotatable bonds is 6. The Balaban J connectivity index is 1.68. The van der Waals surface area contributed by atoms with Gasteiger partial charge in [0.25, 0.3) is 0 Å². The lowest BCUT2D eigenvalue weighted by atomic mass is 9.84. The summed E-state index contributed by atoms with van der Waals surface area (Å²) in [6.07, 6.45) is -0.252. The fourth-order valence-electron chi connectivity index (χ4n) is 4.73. The Labute approximate surface area is 231 Å². The second-order valence-corrected chi connectivity index (χ2v) is 11.7. The van der Waals surface area contributed by atoms with E-state index in [4.69, 9.17) is 9.47 Å². The van der Waals surface area contributed by atoms with Crippen molar-refractivity contribution in [1.29, 1.82) is 5.26 Å². The zero-order valence-electron chi connectivity index (χ0n) is 23.7. The summed E-state index contributed by atoms with van der Waals surface area (Å²) in [4.78, 5) is 26.3. The lowest BCUT2D eigenvalue weighted by Crippen LogP contribution is -2.25. The average Bonchev–Trinajstić information content (AvgIpc) is 2.88. The number of ketones is 1. The first-order valence-electron chi connectivity index (χ1n) is 13.2. The van der Waals surface area contributed by atoms with Crippen molar-refractivity contribution in [3.63, 3.8) is 0 Å². The van der Waals surface area contributed by atoms with Crippen LogP contribution in [0.3, 0.4) is 0 Å². The van der Waals surface area contributed by atoms with Crippen molar-refractivity contribution in [1.82, 2.24) is 0 Å². The highest BCUT2D eigenvalue weighted by atomic mass is 16.6. The van der Waals surface area contributed by atoms with Crippen LogP contribution in [0.15, 0.2) is 60.7 Å². The number of carbonyl (C=O) groups is 2. The Morgan fingerprint density at radius 3 is 2.49 bits per heavy atom. The van der Waals surface area contributed by atoms with Crippen LogP contribution in [0, 0.1) is 18.3 Å². The number of nitriles is 1. The van der Waals surface area contributed by atoms with Crippen LogP contribution in [-0.2, 0) is 10.2 Å². The number of Topliss-reactive ketones (excluding diaryl/α,β-unsaturated/α-hetero) is 1. The van der Waals surface area contributed by atoms with Crippen LogP contribution in [0.25, 0.3) is 0 Å². The van der Waals surface area contributed by atoms with Gasteiger partial charge in [-0.1, -0.05) is 42.5 Å². The summed E-state index contributed by atoms with van der Waals surface area (Å²) in [5.41, 5.74) is 3.88. The average molecular weight is 525 g/mol. The molecule has 0 amide bonds. The summed E-state index contributed by atoms with van der Waals surface area (Å²) in [7, 11) is 0. The summed E-state index contributed by atoms with van der Waals surface area (Å²) < 4.78 is 12.2. The Morgan fingerprint density at radius 1 is 1.08 bits per heavy atom. The molecule has 0 bridgehead atoms. The number of benzene rings is 3. The minimum atomic E-state index is -0.658. The smallest absolute Gasteiger partial charge is 0.340 e. The van der Waals surface area contributed by atoms with Gasteiger partial charge >= 0.3 is 5.97 Å². The third-order valence-corrected chi connectivity index (χ3v) is 6.84. The van der Waals surface area contributed by atoms with Crippen molar-refractivity contribution in [2.45, 2.75) is 78.0 Å². The van der Waals surface area contributed by atoms with E-state index in [2.05, 4.69) is 11.4 Å². The number of nitrogens with zero attached hydrogens (tertiary/aromatic N) is 1. The summed E-state index contributed by atoms with van der Waals surface area (Å²) in [6.45, 7) is 13.2. The van der Waals surface area contributed by atoms with Crippen molar-refractivity contribution >= 4 is 17.4 Å². The molecule has 3 aromatic carbocycles. The van der Waals surface area contributed by atoms with Crippen molar-refractivity contribution in [3.8, 4) is 11.8 Å². The molecule has 1 N–H and O–H groups in total. The zero-order valence-corrected chi connectivity index (χ0v) is 23.7. The fourth-order valence-corrected chi connectivity index (χ4v) is 4.73. The van der Waals surface area contributed by atoms with Crippen molar-refractivity contribution < 1.29 is 19.1 Å². The summed E-state index contributed by atoms with van der Waals surface area (Å²) in [5, 5.41) is 13.1. The predicted octanol–water partition coefficient (Wildman–Crippen LogP) is 7.63. The molecule has 2 atom stereocenters. The van der Waals surface area contributed by atoms with E-state index in [1.807, 2.05) is 97.0 Å². The van der Waals surface area contributed by atoms with E-state index in [0.717, 1.165) is 22.3 Å². The highest BCUT2D eigenvalue weighted by molar-refractivity contribution is 6.01. The summed E-state index contributed by atoms with van der Waals surface area (Å²) in [5.74, 6) is 0.148. The molecule has 0 radical (unpaired) electrons. The molecule has 1 heterocycles. The van der Waals surface area contributed by atoms with E-state index in [-0.39, 0.29) is 18.2 Å². The van der Waals surface area contributed by atoms with Gasteiger partial charge in [0.15, 0.2) is 5.78 Å². The number of hydrogen-bond acceptors (Lipinski definition) is 6. The Hall–Kier alpha value is -4.11. The molecule has 6 nitrogen and oxygen atoms in total. The fraction of sp³-hybridized carbons (Fsp3) is 0.364. The van der Waals surface area contributed by atoms with Crippen LogP contribution >= 0.6 is 0 Å². The minimum absolute atomic E-state index is 0.0116. The van der Waals surface area contributed by atoms with E-state index >= 15 is 0 Å². The van der Waals surface area contributed by atoms with Crippen LogP contribution < -0.4 is 10.1 Å². The first-order chi connectivity index (χ1) is 18.3. The summed E-state index contributed by atoms with van der Waals surface area (Å²) in [6, 6.07) is 20.9. The first kappa shape index (κ1) is 27.9. The van der Waals surface area contributed by atoms with Gasteiger partial charge < -0.3 is 14.8 Å². The topological polar surface area (TPSA) is 88.4 Å². The molecule has 6 heteroatoms. The van der Waals surface area contributed by atoms with Gasteiger partial charge in [-0.2, -0.15) is 5.26 Å². The van der Waals surface area contributed by atoms with Gasteiger partial charge in [0.1, 0.15) is 17.5 Å². The van der Waals surface area contributed by atoms with Crippen molar-refractivity contribution in [2.75, 3.05) is 5.32 Å². The van der Waals surface area contributed by atoms with Crippen molar-refractivity contribution in [3.05, 3.63) is 94.0 Å². The molecule has 1 aliphatic heterocycles. The van der Waals surface area contributed by atoms with Gasteiger partial charge in [0, 0.05) is 11.3 Å². The second-order valence-electron chi connectivity index (χ2n) is 11.7. The molecular weight excluding hydrogens is 488 g/mol.